The molecule has 0 heterocycles. The lowest BCUT2D eigenvalue weighted by Crippen LogP contribution is -2.33. The fraction of sp³-hybridized carbons (Fsp3) is 0.609. The van der Waals surface area contributed by atoms with E-state index in [9.17, 15) is 4.79 Å². The molecule has 1 saturated carbocycles. The predicted molar refractivity (Wildman–Crippen MR) is 111 cm³/mol. The minimum Gasteiger partial charge on any atom is -0.493 e. The molecule has 0 unspecified atom stereocenters. The van der Waals surface area contributed by atoms with Crippen LogP contribution in [-0.2, 0) is 4.79 Å². The third kappa shape index (κ3) is 8.06. The molecule has 0 atom stereocenters. The Morgan fingerprint density at radius 1 is 0.889 bits per heavy atom. The number of ether oxygens (including phenoxy) is 2. The van der Waals surface area contributed by atoms with E-state index < -0.39 is 0 Å². The molecule has 0 aromatic heterocycles. The Balaban J connectivity index is 1.88. The molecule has 1 aliphatic rings. The Bertz CT molecular complexity index is 585. The largest absolute Gasteiger partial charge is 0.493 e. The third-order valence-electron chi connectivity index (χ3n) is 5.29. The highest BCUT2D eigenvalue weighted by Gasteiger charge is 2.11. The number of hydrogen-bond acceptors (Lipinski definition) is 3. The van der Waals surface area contributed by atoms with E-state index in [4.69, 9.17) is 9.47 Å². The Morgan fingerprint density at radius 3 is 2.00 bits per heavy atom. The minimum atomic E-state index is -0.0121. The fourth-order valence-corrected chi connectivity index (χ4v) is 3.69. The second kappa shape index (κ2) is 12.4. The quantitative estimate of drug-likeness (QED) is 0.693. The summed E-state index contributed by atoms with van der Waals surface area (Å²) in [6.07, 6.45) is 17.4. The first kappa shape index (κ1) is 21.3. The summed E-state index contributed by atoms with van der Waals surface area (Å²) in [5, 5.41) is 3.21. The van der Waals surface area contributed by atoms with Crippen LogP contribution in [0.5, 0.6) is 11.5 Å². The fourth-order valence-electron chi connectivity index (χ4n) is 3.69. The summed E-state index contributed by atoms with van der Waals surface area (Å²) in [5.74, 6) is 1.34. The number of amides is 1. The summed E-state index contributed by atoms with van der Waals surface area (Å²) in [4.78, 5) is 12.4. The number of rotatable bonds is 5. The molecule has 4 nitrogen and oxygen atoms in total. The average molecular weight is 374 g/mol. The van der Waals surface area contributed by atoms with Gasteiger partial charge in [-0.15, -0.1) is 0 Å². The standard InChI is InChI=1S/C23H35NO3/c1-26-21-16-14-19(18-22(21)27-2)15-17-23(25)24-20-12-10-8-6-4-3-5-7-9-11-13-20/h14-18,20H,3-13H2,1-2H3,(H,24,25). The van der Waals surface area contributed by atoms with Crippen LogP contribution in [-0.4, -0.2) is 26.2 Å². The van der Waals surface area contributed by atoms with Crippen molar-refractivity contribution in [1.29, 1.82) is 0 Å². The lowest BCUT2D eigenvalue weighted by molar-refractivity contribution is -0.117. The monoisotopic (exact) mass is 373 g/mol. The van der Waals surface area contributed by atoms with Crippen molar-refractivity contribution in [3.05, 3.63) is 29.8 Å². The summed E-state index contributed by atoms with van der Waals surface area (Å²) < 4.78 is 10.6. The number of methoxy groups -OCH3 is 2. The summed E-state index contributed by atoms with van der Waals surface area (Å²) >= 11 is 0. The van der Waals surface area contributed by atoms with Gasteiger partial charge in [-0.2, -0.15) is 0 Å². The summed E-state index contributed by atoms with van der Waals surface area (Å²) in [6.45, 7) is 0. The van der Waals surface area contributed by atoms with Crippen LogP contribution in [0.4, 0.5) is 0 Å². The molecule has 150 valence electrons. The molecule has 1 N–H and O–H groups in total. The van der Waals surface area contributed by atoms with Gasteiger partial charge >= 0.3 is 0 Å². The van der Waals surface area contributed by atoms with Crippen molar-refractivity contribution in [2.45, 2.75) is 76.7 Å². The predicted octanol–water partition coefficient (Wildman–Crippen LogP) is 5.51. The second-order valence-corrected chi connectivity index (χ2v) is 7.41. The highest BCUT2D eigenvalue weighted by atomic mass is 16.5. The Hall–Kier alpha value is -1.97. The number of benzene rings is 1. The molecule has 1 aromatic rings. The molecule has 1 fully saturated rings. The van der Waals surface area contributed by atoms with Crippen molar-refractivity contribution >= 4 is 12.0 Å². The summed E-state index contributed by atoms with van der Waals surface area (Å²) in [5.41, 5.74) is 0.918. The van der Waals surface area contributed by atoms with Gasteiger partial charge in [-0.1, -0.05) is 63.9 Å². The first-order valence-electron chi connectivity index (χ1n) is 10.4. The van der Waals surface area contributed by atoms with Crippen molar-refractivity contribution in [1.82, 2.24) is 5.32 Å². The summed E-state index contributed by atoms with van der Waals surface area (Å²) in [7, 11) is 3.23. The average Bonchev–Trinajstić information content (AvgIpc) is 2.68. The van der Waals surface area contributed by atoms with Crippen LogP contribution in [0, 0.1) is 0 Å². The van der Waals surface area contributed by atoms with Gasteiger partial charge in [0.25, 0.3) is 0 Å². The Morgan fingerprint density at radius 2 is 1.44 bits per heavy atom. The molecule has 0 radical (unpaired) electrons. The van der Waals surface area contributed by atoms with Crippen molar-refractivity contribution in [3.8, 4) is 11.5 Å². The first-order valence-corrected chi connectivity index (χ1v) is 10.4. The Kier molecular flexibility index (Phi) is 9.81. The third-order valence-corrected chi connectivity index (χ3v) is 5.29. The van der Waals surface area contributed by atoms with Crippen molar-refractivity contribution < 1.29 is 14.3 Å². The van der Waals surface area contributed by atoms with Gasteiger partial charge in [0, 0.05) is 12.1 Å². The van der Waals surface area contributed by atoms with Crippen LogP contribution in [0.25, 0.3) is 6.08 Å². The van der Waals surface area contributed by atoms with E-state index >= 15 is 0 Å². The summed E-state index contributed by atoms with van der Waals surface area (Å²) in [6, 6.07) is 5.94. The molecule has 2 rings (SSSR count). The van der Waals surface area contributed by atoms with Gasteiger partial charge in [0.2, 0.25) is 5.91 Å². The highest BCUT2D eigenvalue weighted by Crippen LogP contribution is 2.28. The van der Waals surface area contributed by atoms with Crippen LogP contribution < -0.4 is 14.8 Å². The van der Waals surface area contributed by atoms with Crippen LogP contribution in [0.2, 0.25) is 0 Å². The normalized spacial score (nSPS) is 17.7. The van der Waals surface area contributed by atoms with Gasteiger partial charge in [-0.3, -0.25) is 4.79 Å². The lowest BCUT2D eigenvalue weighted by Gasteiger charge is -2.18. The van der Waals surface area contributed by atoms with Gasteiger partial charge in [0.15, 0.2) is 11.5 Å². The van der Waals surface area contributed by atoms with E-state index in [1.165, 1.54) is 57.8 Å². The molecule has 1 amide bonds. The van der Waals surface area contributed by atoms with E-state index in [-0.39, 0.29) is 5.91 Å². The SMILES string of the molecule is COc1ccc(C=CC(=O)NC2CCCCCCCCCCC2)cc1OC. The van der Waals surface area contributed by atoms with Crippen molar-refractivity contribution in [3.63, 3.8) is 0 Å². The minimum absolute atomic E-state index is 0.0121. The van der Waals surface area contributed by atoms with Gasteiger partial charge in [0.05, 0.1) is 14.2 Å². The van der Waals surface area contributed by atoms with E-state index in [0.717, 1.165) is 18.4 Å². The number of nitrogens with one attached hydrogen (secondary N) is 1. The zero-order chi connectivity index (χ0) is 19.3. The maximum Gasteiger partial charge on any atom is 0.244 e. The van der Waals surface area contributed by atoms with E-state index in [1.54, 1.807) is 20.3 Å². The number of hydrogen-bond donors (Lipinski definition) is 1. The lowest BCUT2D eigenvalue weighted by atomic mass is 9.98. The zero-order valence-corrected chi connectivity index (χ0v) is 17.0. The molecule has 1 aromatic carbocycles. The van der Waals surface area contributed by atoms with Gasteiger partial charge in [-0.05, 0) is 36.6 Å². The maximum absolute atomic E-state index is 12.4. The van der Waals surface area contributed by atoms with E-state index in [0.29, 0.717) is 17.5 Å². The zero-order valence-electron chi connectivity index (χ0n) is 17.0. The van der Waals surface area contributed by atoms with Crippen LogP contribution in [0.3, 0.4) is 0 Å². The molecular weight excluding hydrogens is 338 g/mol. The molecule has 0 bridgehead atoms. The molecule has 4 heteroatoms. The van der Waals surface area contributed by atoms with Gasteiger partial charge in [0.1, 0.15) is 0 Å². The highest BCUT2D eigenvalue weighted by molar-refractivity contribution is 5.92. The first-order chi connectivity index (χ1) is 13.2. The second-order valence-electron chi connectivity index (χ2n) is 7.41. The number of carbonyl (C=O) groups is 1. The van der Waals surface area contributed by atoms with Crippen LogP contribution >= 0.6 is 0 Å². The van der Waals surface area contributed by atoms with Crippen molar-refractivity contribution in [2.24, 2.45) is 0 Å². The van der Waals surface area contributed by atoms with Crippen LogP contribution in [0.1, 0.15) is 76.2 Å². The van der Waals surface area contributed by atoms with E-state index in [1.807, 2.05) is 24.3 Å². The molecule has 1 aliphatic carbocycles. The maximum atomic E-state index is 12.4. The van der Waals surface area contributed by atoms with Crippen molar-refractivity contribution in [2.75, 3.05) is 14.2 Å². The molecule has 0 aliphatic heterocycles. The molecule has 0 saturated heterocycles. The van der Waals surface area contributed by atoms with Gasteiger partial charge < -0.3 is 14.8 Å². The van der Waals surface area contributed by atoms with Crippen LogP contribution in [0.15, 0.2) is 24.3 Å². The smallest absolute Gasteiger partial charge is 0.244 e. The molecular formula is C23H35NO3. The topological polar surface area (TPSA) is 47.6 Å². The Labute approximate surface area is 164 Å². The molecule has 0 spiro atoms. The van der Waals surface area contributed by atoms with Gasteiger partial charge in [-0.25, -0.2) is 0 Å². The molecule has 27 heavy (non-hydrogen) atoms. The number of carbonyl (C=O) groups excluding carboxylic acids is 1. The van der Waals surface area contributed by atoms with E-state index in [2.05, 4.69) is 5.32 Å².